The Bertz CT molecular complexity index is 946. The molecule has 7 nitrogen and oxygen atoms in total. The molecule has 1 N–H and O–H groups in total. The Morgan fingerprint density at radius 1 is 1.19 bits per heavy atom. The number of nitro benzene ring substituents is 1. The first-order chi connectivity index (χ1) is 12.8. The molecule has 27 heavy (non-hydrogen) atoms. The van der Waals surface area contributed by atoms with E-state index in [0.29, 0.717) is 5.56 Å². The second-order valence-electron chi connectivity index (χ2n) is 6.78. The summed E-state index contributed by atoms with van der Waals surface area (Å²) in [5.74, 6) is -0.429. The molecule has 2 aromatic carbocycles. The van der Waals surface area contributed by atoms with Gasteiger partial charge >= 0.3 is 0 Å². The number of amides is 1. The Kier molecular flexibility index (Phi) is 4.77. The van der Waals surface area contributed by atoms with Crippen LogP contribution in [0.15, 0.2) is 65.4 Å². The van der Waals surface area contributed by atoms with Crippen LogP contribution in [0.5, 0.6) is 0 Å². The van der Waals surface area contributed by atoms with Gasteiger partial charge in [-0.25, -0.2) is 5.43 Å². The summed E-state index contributed by atoms with van der Waals surface area (Å²) < 4.78 is 0. The number of hydrazone groups is 1. The van der Waals surface area contributed by atoms with Gasteiger partial charge in [0.1, 0.15) is 0 Å². The number of nitrogens with one attached hydrogen (secondary N) is 1. The van der Waals surface area contributed by atoms with Crippen molar-refractivity contribution in [2.45, 2.75) is 19.3 Å². The number of benzene rings is 2. The number of carbonyl (C=O) groups excluding carboxylic acids is 1. The van der Waals surface area contributed by atoms with Gasteiger partial charge in [-0.05, 0) is 29.8 Å². The van der Waals surface area contributed by atoms with Crippen molar-refractivity contribution in [3.05, 3.63) is 81.5 Å². The number of nitro groups is 1. The monoisotopic (exact) mass is 364 g/mol. The molecule has 3 rings (SSSR count). The molecule has 0 fully saturated rings. The van der Waals surface area contributed by atoms with Crippen molar-refractivity contribution in [1.82, 2.24) is 5.43 Å². The van der Waals surface area contributed by atoms with Crippen molar-refractivity contribution in [3.8, 4) is 0 Å². The van der Waals surface area contributed by atoms with Gasteiger partial charge < -0.3 is 4.90 Å². The van der Waals surface area contributed by atoms with E-state index in [1.54, 1.807) is 6.21 Å². The maximum atomic E-state index is 12.1. The van der Waals surface area contributed by atoms with E-state index in [-0.39, 0.29) is 11.1 Å². The van der Waals surface area contributed by atoms with Crippen LogP contribution in [0, 0.1) is 10.1 Å². The average Bonchev–Trinajstić information content (AvgIpc) is 2.85. The summed E-state index contributed by atoms with van der Waals surface area (Å²) in [5.41, 5.74) is 5.96. The molecule has 7 heteroatoms. The number of allylic oxidation sites excluding steroid dienone is 2. The van der Waals surface area contributed by atoms with Gasteiger partial charge in [0.2, 0.25) is 0 Å². The quantitative estimate of drug-likeness (QED) is 0.510. The van der Waals surface area contributed by atoms with Crippen molar-refractivity contribution in [1.29, 1.82) is 0 Å². The Morgan fingerprint density at radius 3 is 2.48 bits per heavy atom. The zero-order valence-electron chi connectivity index (χ0n) is 15.3. The van der Waals surface area contributed by atoms with E-state index in [1.165, 1.54) is 29.8 Å². The Balaban J connectivity index is 1.70. The number of fused-ring (bicyclic) bond motifs is 1. The van der Waals surface area contributed by atoms with Gasteiger partial charge in [-0.1, -0.05) is 32.0 Å². The SMILES string of the molecule is CN1/C(=C/C=N\NC(=O)c2ccc([N+](=O)[O-])cc2)C(C)(C)c2ccccc21. The minimum absolute atomic E-state index is 0.0640. The molecular weight excluding hydrogens is 344 g/mol. The predicted octanol–water partition coefficient (Wildman–Crippen LogP) is 3.62. The first-order valence-electron chi connectivity index (χ1n) is 8.44. The highest BCUT2D eigenvalue weighted by atomic mass is 16.6. The summed E-state index contributed by atoms with van der Waals surface area (Å²) in [6.45, 7) is 4.29. The number of hydrogen-bond acceptors (Lipinski definition) is 5. The molecule has 1 aliphatic rings. The van der Waals surface area contributed by atoms with E-state index >= 15 is 0 Å². The smallest absolute Gasteiger partial charge is 0.271 e. The Morgan fingerprint density at radius 2 is 1.85 bits per heavy atom. The lowest BCUT2D eigenvalue weighted by Crippen LogP contribution is -2.23. The molecule has 1 heterocycles. The molecule has 0 aromatic heterocycles. The molecule has 1 amide bonds. The highest BCUT2D eigenvalue weighted by Crippen LogP contribution is 2.46. The number of rotatable bonds is 4. The van der Waals surface area contributed by atoms with E-state index in [2.05, 4.69) is 41.4 Å². The predicted molar refractivity (Wildman–Crippen MR) is 105 cm³/mol. The Labute approximate surface area is 157 Å². The van der Waals surface area contributed by atoms with Gasteiger partial charge in [0, 0.05) is 47.8 Å². The number of likely N-dealkylation sites (N-methyl/N-ethyl adjacent to an activating group) is 1. The Hall–Kier alpha value is -3.48. The van der Waals surface area contributed by atoms with Crippen LogP contribution in [0.3, 0.4) is 0 Å². The molecule has 138 valence electrons. The van der Waals surface area contributed by atoms with Gasteiger partial charge in [0.25, 0.3) is 11.6 Å². The number of non-ortho nitro benzene ring substituents is 1. The molecule has 0 saturated heterocycles. The van der Waals surface area contributed by atoms with Gasteiger partial charge in [-0.2, -0.15) is 5.10 Å². The number of nitrogens with zero attached hydrogens (tertiary/aromatic N) is 3. The van der Waals surface area contributed by atoms with E-state index in [9.17, 15) is 14.9 Å². The molecule has 0 radical (unpaired) electrons. The van der Waals surface area contributed by atoms with Gasteiger partial charge in [0.05, 0.1) is 4.92 Å². The fraction of sp³-hybridized carbons (Fsp3) is 0.200. The minimum Gasteiger partial charge on any atom is -0.347 e. The third-order valence-electron chi connectivity index (χ3n) is 4.75. The maximum absolute atomic E-state index is 12.1. The van der Waals surface area contributed by atoms with Crippen molar-refractivity contribution in [3.63, 3.8) is 0 Å². The summed E-state index contributed by atoms with van der Waals surface area (Å²) in [5, 5.41) is 14.6. The third-order valence-corrected chi connectivity index (χ3v) is 4.75. The number of carbonyl (C=O) groups is 1. The summed E-state index contributed by atoms with van der Waals surface area (Å²) in [6, 6.07) is 13.6. The van der Waals surface area contributed by atoms with Gasteiger partial charge in [-0.3, -0.25) is 14.9 Å². The van der Waals surface area contributed by atoms with Crippen LogP contribution in [0.2, 0.25) is 0 Å². The number of hydrogen-bond donors (Lipinski definition) is 1. The van der Waals surface area contributed by atoms with Gasteiger partial charge in [-0.15, -0.1) is 0 Å². The highest BCUT2D eigenvalue weighted by Gasteiger charge is 2.37. The average molecular weight is 364 g/mol. The van der Waals surface area contributed by atoms with Crippen LogP contribution in [-0.2, 0) is 5.41 Å². The zero-order valence-corrected chi connectivity index (χ0v) is 15.3. The molecule has 0 atom stereocenters. The molecule has 2 aromatic rings. The number of anilines is 1. The largest absolute Gasteiger partial charge is 0.347 e. The van der Waals surface area contributed by atoms with E-state index in [0.717, 1.165) is 11.4 Å². The highest BCUT2D eigenvalue weighted by molar-refractivity contribution is 5.94. The summed E-state index contributed by atoms with van der Waals surface area (Å²) in [4.78, 5) is 24.3. The van der Waals surface area contributed by atoms with Crippen molar-refractivity contribution in [2.24, 2.45) is 5.10 Å². The number of para-hydroxylation sites is 1. The molecular formula is C20H20N4O3. The van der Waals surface area contributed by atoms with Crippen LogP contribution in [0.25, 0.3) is 0 Å². The van der Waals surface area contributed by atoms with E-state index < -0.39 is 10.8 Å². The topological polar surface area (TPSA) is 87.8 Å². The molecule has 0 aliphatic carbocycles. The molecule has 0 saturated carbocycles. The lowest BCUT2D eigenvalue weighted by Gasteiger charge is -2.23. The van der Waals surface area contributed by atoms with Gasteiger partial charge in [0.15, 0.2) is 0 Å². The van der Waals surface area contributed by atoms with Crippen molar-refractivity contribution >= 4 is 23.5 Å². The minimum atomic E-state index is -0.510. The van der Waals surface area contributed by atoms with Crippen molar-refractivity contribution in [2.75, 3.05) is 11.9 Å². The zero-order chi connectivity index (χ0) is 19.6. The fourth-order valence-electron chi connectivity index (χ4n) is 3.30. The van der Waals surface area contributed by atoms with Crippen LogP contribution in [0.4, 0.5) is 11.4 Å². The summed E-state index contributed by atoms with van der Waals surface area (Å²) >= 11 is 0. The van der Waals surface area contributed by atoms with E-state index in [4.69, 9.17) is 0 Å². The second-order valence-corrected chi connectivity index (χ2v) is 6.78. The summed E-state index contributed by atoms with van der Waals surface area (Å²) in [6.07, 6.45) is 3.42. The molecule has 1 aliphatic heterocycles. The van der Waals surface area contributed by atoms with E-state index in [1.807, 2.05) is 25.3 Å². The lowest BCUT2D eigenvalue weighted by atomic mass is 9.84. The summed E-state index contributed by atoms with van der Waals surface area (Å²) in [7, 11) is 2.00. The third kappa shape index (κ3) is 3.44. The first-order valence-corrected chi connectivity index (χ1v) is 8.44. The first kappa shape index (κ1) is 18.3. The molecule has 0 bridgehead atoms. The maximum Gasteiger partial charge on any atom is 0.271 e. The molecule has 0 unspecified atom stereocenters. The van der Waals surface area contributed by atoms with Crippen LogP contribution >= 0.6 is 0 Å². The van der Waals surface area contributed by atoms with Crippen LogP contribution < -0.4 is 10.3 Å². The normalized spacial score (nSPS) is 16.6. The second kappa shape index (κ2) is 7.03. The fourth-order valence-corrected chi connectivity index (χ4v) is 3.30. The standard InChI is InChI=1S/C20H20N4O3/c1-20(2)16-6-4-5-7-17(16)23(3)18(20)12-13-21-22-19(25)14-8-10-15(11-9-14)24(26)27/h4-13H,1-3H3,(H,22,25)/b18-12+,21-13-. The van der Waals surface area contributed by atoms with Crippen LogP contribution in [0.1, 0.15) is 29.8 Å². The lowest BCUT2D eigenvalue weighted by molar-refractivity contribution is -0.384. The van der Waals surface area contributed by atoms with Crippen LogP contribution in [-0.4, -0.2) is 24.1 Å². The molecule has 0 spiro atoms. The van der Waals surface area contributed by atoms with Crippen molar-refractivity contribution < 1.29 is 9.72 Å².